The molecule has 24 heavy (non-hydrogen) atoms. The molecule has 1 unspecified atom stereocenters. The minimum atomic E-state index is -0.164. The minimum absolute atomic E-state index is 0. The van der Waals surface area contributed by atoms with Gasteiger partial charge in [-0.1, -0.05) is 61.5 Å². The first-order valence-electron chi connectivity index (χ1n) is 8.16. The molecular weight excluding hydrogens is 322 g/mol. The zero-order valence-electron chi connectivity index (χ0n) is 14.3. The molecule has 0 heterocycles. The van der Waals surface area contributed by atoms with Gasteiger partial charge in [-0.15, -0.1) is 12.4 Å². The van der Waals surface area contributed by atoms with Crippen LogP contribution in [0.5, 0.6) is 0 Å². The van der Waals surface area contributed by atoms with Crippen LogP contribution in [0.3, 0.4) is 0 Å². The molecule has 0 saturated carbocycles. The molecule has 2 atom stereocenters. The molecule has 0 aliphatic rings. The number of carbonyl (C=O) groups is 1. The van der Waals surface area contributed by atoms with Crippen molar-refractivity contribution in [2.45, 2.75) is 32.7 Å². The second kappa shape index (κ2) is 10.1. The van der Waals surface area contributed by atoms with E-state index in [-0.39, 0.29) is 30.3 Å². The molecule has 2 aromatic rings. The van der Waals surface area contributed by atoms with Crippen LogP contribution in [0.1, 0.15) is 25.8 Å². The summed E-state index contributed by atoms with van der Waals surface area (Å²) in [6.07, 6.45) is 1.40. The lowest BCUT2D eigenvalue weighted by Gasteiger charge is -2.16. The first kappa shape index (κ1) is 20.2. The van der Waals surface area contributed by atoms with Gasteiger partial charge in [-0.3, -0.25) is 4.79 Å². The van der Waals surface area contributed by atoms with Crippen molar-refractivity contribution in [2.24, 2.45) is 11.7 Å². The average molecular weight is 348 g/mol. The van der Waals surface area contributed by atoms with E-state index >= 15 is 0 Å². The fourth-order valence-electron chi connectivity index (χ4n) is 2.68. The van der Waals surface area contributed by atoms with Gasteiger partial charge in [-0.2, -0.15) is 0 Å². The van der Waals surface area contributed by atoms with Crippen LogP contribution in [0.15, 0.2) is 54.6 Å². The molecule has 0 amide bonds. The summed E-state index contributed by atoms with van der Waals surface area (Å²) in [5.74, 6) is -0.323. The maximum atomic E-state index is 11.7. The summed E-state index contributed by atoms with van der Waals surface area (Å²) in [4.78, 5) is 11.7. The standard InChI is InChI=1S/C20H25NO2.ClH/c1-3-23-20(22)15(2)13-19(21)14-16-9-11-18(12-10-16)17-7-5-4-6-8-17;/h4-12,15,19H,3,13-14,21H2,1-2H3;1H/t15?,19-;/m0./s1. The Morgan fingerprint density at radius 3 is 2.21 bits per heavy atom. The van der Waals surface area contributed by atoms with Gasteiger partial charge in [0.25, 0.3) is 0 Å². The van der Waals surface area contributed by atoms with Crippen molar-refractivity contribution in [3.63, 3.8) is 0 Å². The van der Waals surface area contributed by atoms with E-state index in [9.17, 15) is 4.79 Å². The van der Waals surface area contributed by atoms with Crippen LogP contribution in [0.2, 0.25) is 0 Å². The van der Waals surface area contributed by atoms with Crippen molar-refractivity contribution in [3.05, 3.63) is 60.2 Å². The summed E-state index contributed by atoms with van der Waals surface area (Å²) in [7, 11) is 0. The zero-order chi connectivity index (χ0) is 16.7. The minimum Gasteiger partial charge on any atom is -0.466 e. The van der Waals surface area contributed by atoms with Gasteiger partial charge in [0.1, 0.15) is 0 Å². The highest BCUT2D eigenvalue weighted by Gasteiger charge is 2.17. The summed E-state index contributed by atoms with van der Waals surface area (Å²) in [5.41, 5.74) is 9.77. The van der Waals surface area contributed by atoms with Crippen LogP contribution in [0.4, 0.5) is 0 Å². The Hall–Kier alpha value is -1.84. The van der Waals surface area contributed by atoms with E-state index in [1.54, 1.807) is 0 Å². The van der Waals surface area contributed by atoms with E-state index < -0.39 is 0 Å². The smallest absolute Gasteiger partial charge is 0.308 e. The average Bonchev–Trinajstić information content (AvgIpc) is 2.56. The first-order valence-corrected chi connectivity index (χ1v) is 8.16. The van der Waals surface area contributed by atoms with Gasteiger partial charge in [0, 0.05) is 6.04 Å². The topological polar surface area (TPSA) is 52.3 Å². The van der Waals surface area contributed by atoms with Crippen LogP contribution in [-0.4, -0.2) is 18.6 Å². The van der Waals surface area contributed by atoms with E-state index in [0.717, 1.165) is 6.42 Å². The monoisotopic (exact) mass is 347 g/mol. The summed E-state index contributed by atoms with van der Waals surface area (Å²) >= 11 is 0. The summed E-state index contributed by atoms with van der Waals surface area (Å²) in [5, 5.41) is 0. The first-order chi connectivity index (χ1) is 11.1. The van der Waals surface area contributed by atoms with Crippen molar-refractivity contribution < 1.29 is 9.53 Å². The lowest BCUT2D eigenvalue weighted by Crippen LogP contribution is -2.29. The largest absolute Gasteiger partial charge is 0.466 e. The van der Waals surface area contributed by atoms with Gasteiger partial charge in [0.2, 0.25) is 0 Å². The molecule has 0 aliphatic carbocycles. The zero-order valence-corrected chi connectivity index (χ0v) is 15.1. The van der Waals surface area contributed by atoms with Crippen molar-refractivity contribution >= 4 is 18.4 Å². The van der Waals surface area contributed by atoms with E-state index in [2.05, 4.69) is 36.4 Å². The van der Waals surface area contributed by atoms with Crippen molar-refractivity contribution in [2.75, 3.05) is 6.61 Å². The Labute approximate surface area is 150 Å². The molecule has 2 rings (SSSR count). The highest BCUT2D eigenvalue weighted by atomic mass is 35.5. The van der Waals surface area contributed by atoms with Gasteiger partial charge in [-0.25, -0.2) is 0 Å². The van der Waals surface area contributed by atoms with Crippen molar-refractivity contribution in [3.8, 4) is 11.1 Å². The Morgan fingerprint density at radius 2 is 1.62 bits per heavy atom. The number of hydrogen-bond acceptors (Lipinski definition) is 3. The van der Waals surface area contributed by atoms with Gasteiger partial charge in [-0.05, 0) is 36.5 Å². The molecule has 2 N–H and O–H groups in total. The number of carbonyl (C=O) groups excluding carboxylic acids is 1. The number of rotatable bonds is 7. The van der Waals surface area contributed by atoms with Gasteiger partial charge >= 0.3 is 5.97 Å². The molecule has 0 bridgehead atoms. The number of halogens is 1. The van der Waals surface area contributed by atoms with Gasteiger partial charge in [0.05, 0.1) is 12.5 Å². The molecular formula is C20H26ClNO2. The van der Waals surface area contributed by atoms with Crippen LogP contribution >= 0.6 is 12.4 Å². The van der Waals surface area contributed by atoms with E-state index in [0.29, 0.717) is 13.0 Å². The molecule has 0 spiro atoms. The maximum Gasteiger partial charge on any atom is 0.308 e. The highest BCUT2D eigenvalue weighted by Crippen LogP contribution is 2.20. The molecule has 4 heteroatoms. The Bertz CT molecular complexity index is 613. The summed E-state index contributed by atoms with van der Waals surface area (Å²) in [6, 6.07) is 18.7. The second-order valence-corrected chi connectivity index (χ2v) is 5.92. The van der Waals surface area contributed by atoms with Crippen LogP contribution in [-0.2, 0) is 16.0 Å². The van der Waals surface area contributed by atoms with Crippen LogP contribution < -0.4 is 5.73 Å². The SMILES string of the molecule is CCOC(=O)C(C)C[C@H](N)Cc1ccc(-c2ccccc2)cc1.Cl. The third-order valence-electron chi connectivity index (χ3n) is 3.90. The Balaban J connectivity index is 0.00000288. The predicted molar refractivity (Wildman–Crippen MR) is 101 cm³/mol. The molecule has 0 radical (unpaired) electrons. The van der Waals surface area contributed by atoms with E-state index in [4.69, 9.17) is 10.5 Å². The maximum absolute atomic E-state index is 11.7. The number of nitrogens with two attached hydrogens (primary N) is 1. The number of esters is 1. The lowest BCUT2D eigenvalue weighted by molar-refractivity contribution is -0.147. The van der Waals surface area contributed by atoms with E-state index in [1.807, 2.05) is 32.0 Å². The molecule has 3 nitrogen and oxygen atoms in total. The number of ether oxygens (including phenoxy) is 1. The van der Waals surface area contributed by atoms with Crippen LogP contribution in [0, 0.1) is 5.92 Å². The van der Waals surface area contributed by atoms with Gasteiger partial charge < -0.3 is 10.5 Å². The second-order valence-electron chi connectivity index (χ2n) is 5.92. The highest BCUT2D eigenvalue weighted by molar-refractivity contribution is 5.85. The summed E-state index contributed by atoms with van der Waals surface area (Å²) in [6.45, 7) is 4.11. The van der Waals surface area contributed by atoms with E-state index in [1.165, 1.54) is 16.7 Å². The Morgan fingerprint density at radius 1 is 1.04 bits per heavy atom. The quantitative estimate of drug-likeness (QED) is 0.762. The van der Waals surface area contributed by atoms with Crippen molar-refractivity contribution in [1.29, 1.82) is 0 Å². The van der Waals surface area contributed by atoms with Gasteiger partial charge in [0.15, 0.2) is 0 Å². The Kier molecular flexibility index (Phi) is 8.51. The number of hydrogen-bond donors (Lipinski definition) is 1. The molecule has 0 fully saturated rings. The van der Waals surface area contributed by atoms with Crippen molar-refractivity contribution in [1.82, 2.24) is 0 Å². The van der Waals surface area contributed by atoms with Crippen LogP contribution in [0.25, 0.3) is 11.1 Å². The fraction of sp³-hybridized carbons (Fsp3) is 0.350. The third-order valence-corrected chi connectivity index (χ3v) is 3.90. The molecule has 130 valence electrons. The molecule has 2 aromatic carbocycles. The summed E-state index contributed by atoms with van der Waals surface area (Å²) < 4.78 is 5.02. The normalized spacial score (nSPS) is 12.8. The third kappa shape index (κ3) is 5.99. The molecule has 0 saturated heterocycles. The fourth-order valence-corrected chi connectivity index (χ4v) is 2.68. The number of benzene rings is 2. The lowest BCUT2D eigenvalue weighted by atomic mass is 9.95. The molecule has 0 aromatic heterocycles. The molecule has 0 aliphatic heterocycles. The predicted octanol–water partition coefficient (Wildman–Crippen LogP) is 4.23.